The summed E-state index contributed by atoms with van der Waals surface area (Å²) < 4.78 is 5.44. The van der Waals surface area contributed by atoms with Crippen molar-refractivity contribution in [2.45, 2.75) is 59.1 Å². The van der Waals surface area contributed by atoms with Gasteiger partial charge in [0.25, 0.3) is 0 Å². The summed E-state index contributed by atoms with van der Waals surface area (Å²) in [5, 5.41) is 0. The molecule has 0 saturated carbocycles. The fraction of sp³-hybridized carbons (Fsp3) is 1.00. The maximum Gasteiger partial charge on any atom is 0.0745 e. The average molecular weight is 201 g/mol. The number of ether oxygens (including phenoxy) is 1. The summed E-state index contributed by atoms with van der Waals surface area (Å²) in [6.07, 6.45) is 3.73. The van der Waals surface area contributed by atoms with Crippen molar-refractivity contribution in [3.8, 4) is 0 Å². The molecular formula is C12H27NO. The van der Waals surface area contributed by atoms with E-state index in [1.54, 1.807) is 7.11 Å². The average Bonchev–Trinajstić information content (AvgIpc) is 2.14. The van der Waals surface area contributed by atoms with Crippen LogP contribution < -0.4 is 5.73 Å². The normalized spacial score (nSPS) is 16.3. The molecular weight excluding hydrogens is 174 g/mol. The molecule has 0 aromatic carbocycles. The highest BCUT2D eigenvalue weighted by Crippen LogP contribution is 2.19. The van der Waals surface area contributed by atoms with Crippen molar-refractivity contribution in [2.24, 2.45) is 17.6 Å². The molecule has 0 spiro atoms. The third-order valence-electron chi connectivity index (χ3n) is 3.11. The lowest BCUT2D eigenvalue weighted by Gasteiger charge is -2.28. The van der Waals surface area contributed by atoms with Crippen LogP contribution in [0.5, 0.6) is 0 Å². The predicted octanol–water partition coefficient (Wildman–Crippen LogP) is 2.81. The van der Waals surface area contributed by atoms with Gasteiger partial charge in [-0.15, -0.1) is 0 Å². The Kier molecular flexibility index (Phi) is 7.20. The number of methoxy groups -OCH3 is 1. The summed E-state index contributed by atoms with van der Waals surface area (Å²) in [4.78, 5) is 0. The molecule has 0 aliphatic rings. The van der Waals surface area contributed by atoms with Gasteiger partial charge in [0, 0.05) is 13.2 Å². The Balaban J connectivity index is 4.08. The molecule has 2 N–H and O–H groups in total. The van der Waals surface area contributed by atoms with Gasteiger partial charge in [0.05, 0.1) is 6.10 Å². The first-order valence-corrected chi connectivity index (χ1v) is 5.85. The highest BCUT2D eigenvalue weighted by Gasteiger charge is 2.22. The molecule has 0 fully saturated rings. The van der Waals surface area contributed by atoms with Crippen molar-refractivity contribution in [3.63, 3.8) is 0 Å². The van der Waals surface area contributed by atoms with Crippen molar-refractivity contribution in [1.29, 1.82) is 0 Å². The van der Waals surface area contributed by atoms with Crippen LogP contribution >= 0.6 is 0 Å². The molecule has 0 aliphatic carbocycles. The van der Waals surface area contributed by atoms with E-state index in [-0.39, 0.29) is 12.1 Å². The molecule has 0 aliphatic heterocycles. The standard InChI is InChI=1S/C12H27NO/c1-6-10(7-2)8-11(13)12(14-5)9(3)4/h9-12H,6-8,13H2,1-5H3. The Bertz CT molecular complexity index is 132. The Morgan fingerprint density at radius 1 is 1.14 bits per heavy atom. The van der Waals surface area contributed by atoms with E-state index < -0.39 is 0 Å². The minimum atomic E-state index is 0.185. The molecule has 0 saturated heterocycles. The SMILES string of the molecule is CCC(CC)CC(N)C(OC)C(C)C. The predicted molar refractivity (Wildman–Crippen MR) is 62.3 cm³/mol. The fourth-order valence-corrected chi connectivity index (χ4v) is 2.08. The second-order valence-electron chi connectivity index (χ2n) is 4.53. The van der Waals surface area contributed by atoms with E-state index in [4.69, 9.17) is 10.5 Å². The topological polar surface area (TPSA) is 35.2 Å². The second kappa shape index (κ2) is 7.24. The Morgan fingerprint density at radius 2 is 1.64 bits per heavy atom. The van der Waals surface area contributed by atoms with Crippen LogP contribution in [0.3, 0.4) is 0 Å². The second-order valence-corrected chi connectivity index (χ2v) is 4.53. The first kappa shape index (κ1) is 13.9. The molecule has 0 aromatic rings. The summed E-state index contributed by atoms with van der Waals surface area (Å²) in [6.45, 7) is 8.80. The molecule has 0 bridgehead atoms. The van der Waals surface area contributed by atoms with Gasteiger partial charge in [-0.25, -0.2) is 0 Å². The molecule has 2 unspecified atom stereocenters. The van der Waals surface area contributed by atoms with Gasteiger partial charge in [0.1, 0.15) is 0 Å². The van der Waals surface area contributed by atoms with Crippen molar-refractivity contribution >= 4 is 0 Å². The Morgan fingerprint density at radius 3 is 1.93 bits per heavy atom. The highest BCUT2D eigenvalue weighted by atomic mass is 16.5. The van der Waals surface area contributed by atoms with Gasteiger partial charge >= 0.3 is 0 Å². The van der Waals surface area contributed by atoms with Crippen molar-refractivity contribution in [3.05, 3.63) is 0 Å². The van der Waals surface area contributed by atoms with Crippen LogP contribution in [0.25, 0.3) is 0 Å². The lowest BCUT2D eigenvalue weighted by atomic mass is 9.89. The summed E-state index contributed by atoms with van der Waals surface area (Å²) in [6, 6.07) is 0.185. The first-order chi connectivity index (χ1) is 6.56. The molecule has 0 rings (SSSR count). The fourth-order valence-electron chi connectivity index (χ4n) is 2.08. The smallest absolute Gasteiger partial charge is 0.0745 e. The third-order valence-corrected chi connectivity index (χ3v) is 3.11. The number of rotatable bonds is 7. The molecule has 14 heavy (non-hydrogen) atoms. The molecule has 0 amide bonds. The molecule has 86 valence electrons. The lowest BCUT2D eigenvalue weighted by molar-refractivity contribution is 0.0370. The van der Waals surface area contributed by atoms with Crippen molar-refractivity contribution in [1.82, 2.24) is 0 Å². The van der Waals surface area contributed by atoms with Crippen molar-refractivity contribution < 1.29 is 4.74 Å². The van der Waals surface area contributed by atoms with Crippen LogP contribution in [0.15, 0.2) is 0 Å². The zero-order valence-corrected chi connectivity index (χ0v) is 10.4. The van der Waals surface area contributed by atoms with E-state index in [0.29, 0.717) is 5.92 Å². The van der Waals surface area contributed by atoms with E-state index in [2.05, 4.69) is 27.7 Å². The zero-order valence-electron chi connectivity index (χ0n) is 10.4. The van der Waals surface area contributed by atoms with E-state index in [1.165, 1.54) is 12.8 Å². The van der Waals surface area contributed by atoms with Crippen LogP contribution in [0, 0.1) is 11.8 Å². The number of hydrogen-bond donors (Lipinski definition) is 1. The molecule has 0 radical (unpaired) electrons. The molecule has 2 nitrogen and oxygen atoms in total. The van der Waals surface area contributed by atoms with Crippen LogP contribution in [0.2, 0.25) is 0 Å². The highest BCUT2D eigenvalue weighted by molar-refractivity contribution is 4.78. The van der Waals surface area contributed by atoms with Gasteiger partial charge in [-0.3, -0.25) is 0 Å². The zero-order chi connectivity index (χ0) is 11.1. The van der Waals surface area contributed by atoms with Crippen LogP contribution in [-0.2, 0) is 4.74 Å². The first-order valence-electron chi connectivity index (χ1n) is 5.85. The summed E-state index contributed by atoms with van der Waals surface area (Å²) in [7, 11) is 1.76. The van der Waals surface area contributed by atoms with E-state index in [9.17, 15) is 0 Å². The van der Waals surface area contributed by atoms with E-state index in [0.717, 1.165) is 12.3 Å². The van der Waals surface area contributed by atoms with Gasteiger partial charge in [0.2, 0.25) is 0 Å². The van der Waals surface area contributed by atoms with Gasteiger partial charge in [-0.05, 0) is 18.3 Å². The van der Waals surface area contributed by atoms with Crippen LogP contribution in [0.1, 0.15) is 47.0 Å². The minimum Gasteiger partial charge on any atom is -0.380 e. The summed E-state index contributed by atoms with van der Waals surface area (Å²) in [5.74, 6) is 1.26. The Labute approximate surface area is 89.2 Å². The largest absolute Gasteiger partial charge is 0.380 e. The summed E-state index contributed by atoms with van der Waals surface area (Å²) >= 11 is 0. The van der Waals surface area contributed by atoms with Gasteiger partial charge < -0.3 is 10.5 Å². The van der Waals surface area contributed by atoms with E-state index >= 15 is 0 Å². The lowest BCUT2D eigenvalue weighted by Crippen LogP contribution is -2.41. The van der Waals surface area contributed by atoms with Gasteiger partial charge in [-0.2, -0.15) is 0 Å². The number of nitrogens with two attached hydrogens (primary N) is 1. The molecule has 0 aromatic heterocycles. The van der Waals surface area contributed by atoms with E-state index in [1.807, 2.05) is 0 Å². The summed E-state index contributed by atoms with van der Waals surface area (Å²) in [5.41, 5.74) is 6.16. The van der Waals surface area contributed by atoms with Crippen LogP contribution in [0.4, 0.5) is 0 Å². The van der Waals surface area contributed by atoms with Gasteiger partial charge in [0.15, 0.2) is 0 Å². The molecule has 2 heteroatoms. The maximum absolute atomic E-state index is 6.16. The van der Waals surface area contributed by atoms with Gasteiger partial charge in [-0.1, -0.05) is 40.5 Å². The minimum absolute atomic E-state index is 0.185. The maximum atomic E-state index is 6.16. The number of hydrogen-bond acceptors (Lipinski definition) is 2. The quantitative estimate of drug-likeness (QED) is 0.687. The van der Waals surface area contributed by atoms with Crippen LogP contribution in [-0.4, -0.2) is 19.3 Å². The Hall–Kier alpha value is -0.0800. The van der Waals surface area contributed by atoms with Crippen molar-refractivity contribution in [2.75, 3.05) is 7.11 Å². The monoisotopic (exact) mass is 201 g/mol. The molecule has 0 heterocycles. The molecule has 2 atom stereocenters. The third kappa shape index (κ3) is 4.43.